The first-order valence-corrected chi connectivity index (χ1v) is 8.93. The molecule has 0 atom stereocenters. The molecule has 23 heavy (non-hydrogen) atoms. The van der Waals surface area contributed by atoms with Gasteiger partial charge in [-0.25, -0.2) is 0 Å². The third-order valence-corrected chi connectivity index (χ3v) is 5.24. The molecule has 1 heterocycles. The Morgan fingerprint density at radius 2 is 1.91 bits per heavy atom. The summed E-state index contributed by atoms with van der Waals surface area (Å²) in [4.78, 5) is 17.0. The van der Waals surface area contributed by atoms with Crippen molar-refractivity contribution in [3.8, 4) is 0 Å². The lowest BCUT2D eigenvalue weighted by Crippen LogP contribution is -2.43. The van der Waals surface area contributed by atoms with Gasteiger partial charge in [0.05, 0.1) is 5.41 Å². The molecule has 0 radical (unpaired) electrons. The fourth-order valence-corrected chi connectivity index (χ4v) is 3.69. The predicted octanol–water partition coefficient (Wildman–Crippen LogP) is 4.01. The van der Waals surface area contributed by atoms with Crippen LogP contribution in [0.4, 0.5) is 0 Å². The predicted molar refractivity (Wildman–Crippen MR) is 95.2 cm³/mol. The van der Waals surface area contributed by atoms with E-state index in [1.807, 2.05) is 30.5 Å². The highest BCUT2D eigenvalue weighted by Crippen LogP contribution is 2.41. The lowest BCUT2D eigenvalue weighted by atomic mass is 9.78. The Kier molecular flexibility index (Phi) is 5.11. The van der Waals surface area contributed by atoms with E-state index in [0.29, 0.717) is 6.54 Å². The van der Waals surface area contributed by atoms with Gasteiger partial charge in [0.15, 0.2) is 0 Å². The molecule has 120 valence electrons. The van der Waals surface area contributed by atoms with Crippen molar-refractivity contribution >= 4 is 21.8 Å². The van der Waals surface area contributed by atoms with Crippen LogP contribution in [0.15, 0.2) is 53.3 Å². The lowest BCUT2D eigenvalue weighted by Gasteiger charge is -2.28. The summed E-state index contributed by atoms with van der Waals surface area (Å²) in [6.45, 7) is 0.656. The second kappa shape index (κ2) is 7.26. The molecule has 3 nitrogen and oxygen atoms in total. The zero-order valence-corrected chi connectivity index (χ0v) is 14.7. The molecule has 0 aliphatic heterocycles. The number of rotatable bonds is 5. The molecule has 1 N–H and O–H groups in total. The first-order valence-electron chi connectivity index (χ1n) is 8.14. The Morgan fingerprint density at radius 3 is 2.57 bits per heavy atom. The summed E-state index contributed by atoms with van der Waals surface area (Å²) in [5.74, 6) is 0.168. The number of aromatic nitrogens is 1. The maximum Gasteiger partial charge on any atom is 0.230 e. The highest BCUT2D eigenvalue weighted by atomic mass is 79.9. The number of hydrogen-bond acceptors (Lipinski definition) is 2. The van der Waals surface area contributed by atoms with Gasteiger partial charge in [-0.05, 0) is 48.6 Å². The number of nitrogens with zero attached hydrogens (tertiary/aromatic N) is 1. The smallest absolute Gasteiger partial charge is 0.230 e. The molecule has 1 aromatic carbocycles. The Hall–Kier alpha value is -1.68. The summed E-state index contributed by atoms with van der Waals surface area (Å²) >= 11 is 3.47. The van der Waals surface area contributed by atoms with Gasteiger partial charge in [-0.1, -0.05) is 47.0 Å². The second-order valence-electron chi connectivity index (χ2n) is 6.16. The molecule has 1 aliphatic rings. The maximum atomic E-state index is 12.9. The normalized spacial score (nSPS) is 16.2. The van der Waals surface area contributed by atoms with Gasteiger partial charge in [0.1, 0.15) is 0 Å². The second-order valence-corrected chi connectivity index (χ2v) is 7.08. The molecular formula is C19H21BrN2O. The Balaban J connectivity index is 1.68. The summed E-state index contributed by atoms with van der Waals surface area (Å²) in [6.07, 6.45) is 8.55. The molecule has 1 fully saturated rings. The number of pyridine rings is 1. The van der Waals surface area contributed by atoms with Crippen LogP contribution in [-0.4, -0.2) is 17.4 Å². The van der Waals surface area contributed by atoms with Gasteiger partial charge in [-0.2, -0.15) is 0 Å². The summed E-state index contributed by atoms with van der Waals surface area (Å²) < 4.78 is 1.05. The van der Waals surface area contributed by atoms with Crippen molar-refractivity contribution in [3.63, 3.8) is 0 Å². The van der Waals surface area contributed by atoms with Crippen LogP contribution in [-0.2, 0) is 16.6 Å². The molecule has 4 heteroatoms. The van der Waals surface area contributed by atoms with Crippen LogP contribution < -0.4 is 5.32 Å². The van der Waals surface area contributed by atoms with Gasteiger partial charge in [0.25, 0.3) is 0 Å². The van der Waals surface area contributed by atoms with Crippen LogP contribution in [0.1, 0.15) is 36.8 Å². The van der Waals surface area contributed by atoms with E-state index in [0.717, 1.165) is 47.7 Å². The molecule has 0 bridgehead atoms. The number of carbonyl (C=O) groups excluding carboxylic acids is 1. The molecule has 0 spiro atoms. The molecule has 1 aliphatic carbocycles. The highest BCUT2D eigenvalue weighted by Gasteiger charge is 2.42. The minimum absolute atomic E-state index is 0.168. The number of benzene rings is 1. The van der Waals surface area contributed by atoms with E-state index in [1.165, 1.54) is 0 Å². The number of halogens is 1. The highest BCUT2D eigenvalue weighted by molar-refractivity contribution is 9.10. The van der Waals surface area contributed by atoms with Gasteiger partial charge in [-0.15, -0.1) is 0 Å². The quantitative estimate of drug-likeness (QED) is 0.860. The number of nitrogens with one attached hydrogen (secondary N) is 1. The molecule has 0 saturated heterocycles. The summed E-state index contributed by atoms with van der Waals surface area (Å²) in [7, 11) is 0. The van der Waals surface area contributed by atoms with Crippen molar-refractivity contribution in [2.75, 3.05) is 6.54 Å². The SMILES string of the molecule is O=C(NCCc1cccnc1)C1(c2ccc(Br)cc2)CCCC1. The zero-order valence-electron chi connectivity index (χ0n) is 13.1. The van der Waals surface area contributed by atoms with Gasteiger partial charge < -0.3 is 5.32 Å². The topological polar surface area (TPSA) is 42.0 Å². The van der Waals surface area contributed by atoms with Crippen LogP contribution in [0.3, 0.4) is 0 Å². The molecule has 1 amide bonds. The largest absolute Gasteiger partial charge is 0.355 e. The molecule has 1 aromatic heterocycles. The van der Waals surface area contributed by atoms with E-state index in [1.54, 1.807) is 6.20 Å². The fraction of sp³-hybridized carbons (Fsp3) is 0.368. The van der Waals surface area contributed by atoms with Crippen molar-refractivity contribution in [2.24, 2.45) is 0 Å². The van der Waals surface area contributed by atoms with Crippen LogP contribution in [0.2, 0.25) is 0 Å². The average molecular weight is 373 g/mol. The minimum Gasteiger partial charge on any atom is -0.355 e. The molecule has 3 rings (SSSR count). The van der Waals surface area contributed by atoms with Gasteiger partial charge in [-0.3, -0.25) is 9.78 Å². The fourth-order valence-electron chi connectivity index (χ4n) is 3.43. The van der Waals surface area contributed by atoms with Crippen LogP contribution >= 0.6 is 15.9 Å². The molecule has 1 saturated carbocycles. The third-order valence-electron chi connectivity index (χ3n) is 4.71. The minimum atomic E-state index is -0.352. The van der Waals surface area contributed by atoms with E-state index in [2.05, 4.69) is 38.4 Å². The lowest BCUT2D eigenvalue weighted by molar-refractivity contribution is -0.126. The summed E-state index contributed by atoms with van der Waals surface area (Å²) in [5, 5.41) is 3.15. The van der Waals surface area contributed by atoms with Crippen molar-refractivity contribution in [3.05, 3.63) is 64.4 Å². The number of hydrogen-bond donors (Lipinski definition) is 1. The van der Waals surface area contributed by atoms with E-state index in [9.17, 15) is 4.79 Å². The molecule has 2 aromatic rings. The van der Waals surface area contributed by atoms with Gasteiger partial charge >= 0.3 is 0 Å². The van der Waals surface area contributed by atoms with E-state index >= 15 is 0 Å². The van der Waals surface area contributed by atoms with Crippen molar-refractivity contribution in [1.82, 2.24) is 10.3 Å². The first-order chi connectivity index (χ1) is 11.2. The average Bonchev–Trinajstić information content (AvgIpc) is 3.07. The molecular weight excluding hydrogens is 352 g/mol. The monoisotopic (exact) mass is 372 g/mol. The zero-order chi connectivity index (χ0) is 16.1. The molecule has 0 unspecified atom stereocenters. The number of carbonyl (C=O) groups is 1. The van der Waals surface area contributed by atoms with Crippen LogP contribution in [0.5, 0.6) is 0 Å². The summed E-state index contributed by atoms with van der Waals surface area (Å²) in [5.41, 5.74) is 1.93. The van der Waals surface area contributed by atoms with Crippen LogP contribution in [0.25, 0.3) is 0 Å². The van der Waals surface area contributed by atoms with Crippen molar-refractivity contribution in [2.45, 2.75) is 37.5 Å². The van der Waals surface area contributed by atoms with Crippen LogP contribution in [0, 0.1) is 0 Å². The third kappa shape index (κ3) is 3.63. The van der Waals surface area contributed by atoms with Gasteiger partial charge in [0, 0.05) is 23.4 Å². The van der Waals surface area contributed by atoms with E-state index in [-0.39, 0.29) is 11.3 Å². The van der Waals surface area contributed by atoms with Gasteiger partial charge in [0.2, 0.25) is 5.91 Å². The first kappa shape index (κ1) is 16.2. The van der Waals surface area contributed by atoms with E-state index in [4.69, 9.17) is 0 Å². The maximum absolute atomic E-state index is 12.9. The standard InChI is InChI=1S/C19H21BrN2O/c20-17-7-5-16(6-8-17)19(10-1-2-11-19)18(23)22-13-9-15-4-3-12-21-14-15/h3-8,12,14H,1-2,9-11,13H2,(H,22,23). The number of amides is 1. The van der Waals surface area contributed by atoms with Crippen molar-refractivity contribution in [1.29, 1.82) is 0 Å². The summed E-state index contributed by atoms with van der Waals surface area (Å²) in [6, 6.07) is 12.2. The Bertz CT molecular complexity index is 649. The Morgan fingerprint density at radius 1 is 1.17 bits per heavy atom. The van der Waals surface area contributed by atoms with E-state index < -0.39 is 0 Å². The van der Waals surface area contributed by atoms with Crippen molar-refractivity contribution < 1.29 is 4.79 Å². The Labute approximate surface area is 145 Å².